The average molecular weight is 470 g/mol. The van der Waals surface area contributed by atoms with Gasteiger partial charge in [0.1, 0.15) is 5.75 Å². The lowest BCUT2D eigenvalue weighted by Gasteiger charge is -2.13. The molecule has 0 fully saturated rings. The molecule has 0 spiro atoms. The molecule has 0 radical (unpaired) electrons. The molecule has 7 heteroatoms. The van der Waals surface area contributed by atoms with Gasteiger partial charge in [-0.05, 0) is 37.1 Å². The standard InChI is InChI=1S/C19H26N4O2.HI/c1-14(2)25-18-10-7-16(12-21-18)13-23-19(20-3)22-11-15-5-8-17(24-4)9-6-15;/h5-10,12,14H,11,13H2,1-4H3,(H2,20,22,23);1H. The second-order valence-electron chi connectivity index (χ2n) is 5.80. The highest BCUT2D eigenvalue weighted by Gasteiger charge is 2.02. The lowest BCUT2D eigenvalue weighted by atomic mass is 10.2. The molecule has 0 unspecified atom stereocenters. The third kappa shape index (κ3) is 7.47. The Morgan fingerprint density at radius 3 is 2.15 bits per heavy atom. The quantitative estimate of drug-likeness (QED) is 0.369. The van der Waals surface area contributed by atoms with Crippen LogP contribution in [0.4, 0.5) is 0 Å². The number of guanidine groups is 1. The Kier molecular flexibility index (Phi) is 9.79. The molecule has 0 atom stereocenters. The first-order chi connectivity index (χ1) is 12.1. The molecule has 0 saturated heterocycles. The van der Waals surface area contributed by atoms with Crippen LogP contribution in [0, 0.1) is 0 Å². The van der Waals surface area contributed by atoms with Crippen LogP contribution in [0.5, 0.6) is 11.6 Å². The molecule has 1 aromatic heterocycles. The van der Waals surface area contributed by atoms with Gasteiger partial charge in [-0.1, -0.05) is 18.2 Å². The molecule has 2 N–H and O–H groups in total. The van der Waals surface area contributed by atoms with E-state index in [2.05, 4.69) is 20.6 Å². The maximum absolute atomic E-state index is 5.54. The maximum atomic E-state index is 5.54. The summed E-state index contributed by atoms with van der Waals surface area (Å²) in [5.74, 6) is 2.22. The summed E-state index contributed by atoms with van der Waals surface area (Å²) in [4.78, 5) is 8.53. The van der Waals surface area contributed by atoms with Gasteiger partial charge in [0, 0.05) is 32.4 Å². The van der Waals surface area contributed by atoms with Crippen molar-refractivity contribution >= 4 is 29.9 Å². The Bertz CT molecular complexity index is 673. The highest BCUT2D eigenvalue weighted by Crippen LogP contribution is 2.11. The van der Waals surface area contributed by atoms with Crippen molar-refractivity contribution in [2.75, 3.05) is 14.2 Å². The fourth-order valence-electron chi connectivity index (χ4n) is 2.16. The third-order valence-corrected chi connectivity index (χ3v) is 3.46. The summed E-state index contributed by atoms with van der Waals surface area (Å²) in [5.41, 5.74) is 2.21. The number of hydrogen-bond acceptors (Lipinski definition) is 4. The zero-order valence-electron chi connectivity index (χ0n) is 15.7. The summed E-state index contributed by atoms with van der Waals surface area (Å²) in [7, 11) is 3.41. The van der Waals surface area contributed by atoms with E-state index in [9.17, 15) is 0 Å². The summed E-state index contributed by atoms with van der Waals surface area (Å²) >= 11 is 0. The summed E-state index contributed by atoms with van der Waals surface area (Å²) in [5, 5.41) is 6.56. The van der Waals surface area contributed by atoms with Crippen molar-refractivity contribution in [1.29, 1.82) is 0 Å². The van der Waals surface area contributed by atoms with Gasteiger partial charge in [-0.25, -0.2) is 4.98 Å². The number of hydrogen-bond donors (Lipinski definition) is 2. The van der Waals surface area contributed by atoms with Crippen molar-refractivity contribution in [3.8, 4) is 11.6 Å². The SMILES string of the molecule is CN=C(NCc1ccc(OC)cc1)NCc1ccc(OC(C)C)nc1.I. The van der Waals surface area contributed by atoms with Crippen LogP contribution in [0.25, 0.3) is 0 Å². The number of pyridine rings is 1. The molecule has 0 bridgehead atoms. The van der Waals surface area contributed by atoms with Crippen LogP contribution in [-0.4, -0.2) is 31.2 Å². The number of rotatable bonds is 7. The average Bonchev–Trinajstić information content (AvgIpc) is 2.63. The van der Waals surface area contributed by atoms with Gasteiger partial charge < -0.3 is 20.1 Å². The Balaban J connectivity index is 0.00000338. The smallest absolute Gasteiger partial charge is 0.213 e. The molecule has 1 aromatic carbocycles. The van der Waals surface area contributed by atoms with Crippen LogP contribution in [0.1, 0.15) is 25.0 Å². The normalized spacial score (nSPS) is 10.9. The molecule has 0 aliphatic rings. The summed E-state index contributed by atoms with van der Waals surface area (Å²) in [6, 6.07) is 11.8. The van der Waals surface area contributed by atoms with E-state index < -0.39 is 0 Å². The number of methoxy groups -OCH3 is 1. The summed E-state index contributed by atoms with van der Waals surface area (Å²) in [6.45, 7) is 5.28. The molecular formula is C19H27IN4O2. The molecule has 0 saturated carbocycles. The number of nitrogens with zero attached hydrogens (tertiary/aromatic N) is 2. The van der Waals surface area contributed by atoms with Gasteiger partial charge in [0.05, 0.1) is 13.2 Å². The number of benzene rings is 1. The van der Waals surface area contributed by atoms with E-state index in [1.165, 1.54) is 0 Å². The Morgan fingerprint density at radius 1 is 1.04 bits per heavy atom. The van der Waals surface area contributed by atoms with Crippen molar-refractivity contribution in [3.63, 3.8) is 0 Å². The topological polar surface area (TPSA) is 67.8 Å². The lowest BCUT2D eigenvalue weighted by molar-refractivity contribution is 0.232. The van der Waals surface area contributed by atoms with Gasteiger partial charge in [-0.2, -0.15) is 0 Å². The van der Waals surface area contributed by atoms with E-state index in [0.717, 1.165) is 22.8 Å². The number of aromatic nitrogens is 1. The first-order valence-electron chi connectivity index (χ1n) is 8.29. The van der Waals surface area contributed by atoms with E-state index in [-0.39, 0.29) is 30.1 Å². The molecule has 2 rings (SSSR count). The monoisotopic (exact) mass is 470 g/mol. The van der Waals surface area contributed by atoms with Crippen LogP contribution in [-0.2, 0) is 13.1 Å². The fourth-order valence-corrected chi connectivity index (χ4v) is 2.16. The summed E-state index contributed by atoms with van der Waals surface area (Å²) < 4.78 is 10.7. The maximum Gasteiger partial charge on any atom is 0.213 e. The largest absolute Gasteiger partial charge is 0.497 e. The molecule has 2 aromatic rings. The van der Waals surface area contributed by atoms with E-state index in [4.69, 9.17) is 9.47 Å². The molecular weight excluding hydrogens is 443 g/mol. The Hall–Kier alpha value is -2.03. The van der Waals surface area contributed by atoms with E-state index in [1.54, 1.807) is 14.2 Å². The van der Waals surface area contributed by atoms with E-state index in [0.29, 0.717) is 19.0 Å². The third-order valence-electron chi connectivity index (χ3n) is 3.46. The van der Waals surface area contributed by atoms with Crippen LogP contribution in [0.2, 0.25) is 0 Å². The molecule has 0 aliphatic carbocycles. The number of aliphatic imine (C=N–C) groups is 1. The molecule has 0 amide bonds. The van der Waals surface area contributed by atoms with Crippen LogP contribution < -0.4 is 20.1 Å². The van der Waals surface area contributed by atoms with Crippen molar-refractivity contribution in [2.24, 2.45) is 4.99 Å². The molecule has 0 aliphatic heterocycles. The van der Waals surface area contributed by atoms with Gasteiger partial charge in [0.2, 0.25) is 5.88 Å². The predicted octanol–water partition coefficient (Wildman–Crippen LogP) is 3.36. The fraction of sp³-hybridized carbons (Fsp3) is 0.368. The van der Waals surface area contributed by atoms with Gasteiger partial charge in [-0.3, -0.25) is 4.99 Å². The molecule has 26 heavy (non-hydrogen) atoms. The second kappa shape index (κ2) is 11.6. The first-order valence-corrected chi connectivity index (χ1v) is 8.29. The number of halogens is 1. The zero-order valence-corrected chi connectivity index (χ0v) is 18.0. The van der Waals surface area contributed by atoms with Crippen molar-refractivity contribution < 1.29 is 9.47 Å². The minimum absolute atomic E-state index is 0. The highest BCUT2D eigenvalue weighted by atomic mass is 127. The van der Waals surface area contributed by atoms with Crippen molar-refractivity contribution in [2.45, 2.75) is 33.0 Å². The van der Waals surface area contributed by atoms with Crippen LogP contribution in [0.15, 0.2) is 47.6 Å². The van der Waals surface area contributed by atoms with Gasteiger partial charge in [0.25, 0.3) is 0 Å². The lowest BCUT2D eigenvalue weighted by Crippen LogP contribution is -2.36. The molecule has 6 nitrogen and oxygen atoms in total. The predicted molar refractivity (Wildman–Crippen MR) is 115 cm³/mol. The van der Waals surface area contributed by atoms with Gasteiger partial charge in [-0.15, -0.1) is 24.0 Å². The Morgan fingerprint density at radius 2 is 1.65 bits per heavy atom. The van der Waals surface area contributed by atoms with Crippen LogP contribution >= 0.6 is 24.0 Å². The van der Waals surface area contributed by atoms with E-state index in [1.807, 2.05) is 56.4 Å². The number of ether oxygens (including phenoxy) is 2. The van der Waals surface area contributed by atoms with Gasteiger partial charge in [0.15, 0.2) is 5.96 Å². The minimum Gasteiger partial charge on any atom is -0.497 e. The zero-order chi connectivity index (χ0) is 18.1. The second-order valence-corrected chi connectivity index (χ2v) is 5.80. The summed E-state index contributed by atoms with van der Waals surface area (Å²) in [6.07, 6.45) is 1.93. The van der Waals surface area contributed by atoms with Crippen LogP contribution in [0.3, 0.4) is 0 Å². The van der Waals surface area contributed by atoms with Crippen molar-refractivity contribution in [1.82, 2.24) is 15.6 Å². The van der Waals surface area contributed by atoms with Gasteiger partial charge >= 0.3 is 0 Å². The first kappa shape index (κ1) is 22.0. The minimum atomic E-state index is 0. The van der Waals surface area contributed by atoms with Crippen molar-refractivity contribution in [3.05, 3.63) is 53.7 Å². The molecule has 142 valence electrons. The highest BCUT2D eigenvalue weighted by molar-refractivity contribution is 14.0. The Labute approximate surface area is 172 Å². The number of nitrogens with one attached hydrogen (secondary N) is 2. The molecule has 1 heterocycles. The van der Waals surface area contributed by atoms with E-state index >= 15 is 0 Å².